The minimum atomic E-state index is 0.435. The Morgan fingerprint density at radius 2 is 2.04 bits per heavy atom. The zero-order chi connectivity index (χ0) is 17.6. The molecule has 0 radical (unpaired) electrons. The average Bonchev–Trinajstić information content (AvgIpc) is 3.18. The Labute approximate surface area is 148 Å². The molecule has 1 aromatic rings. The van der Waals surface area contributed by atoms with Crippen molar-refractivity contribution in [1.29, 1.82) is 0 Å². The van der Waals surface area contributed by atoms with Crippen molar-refractivity contribution in [3.63, 3.8) is 0 Å². The summed E-state index contributed by atoms with van der Waals surface area (Å²) < 4.78 is 0. The van der Waals surface area contributed by atoms with Crippen LogP contribution in [0, 0.1) is 12.8 Å². The van der Waals surface area contributed by atoms with Crippen LogP contribution in [0.4, 0.5) is 0 Å². The summed E-state index contributed by atoms with van der Waals surface area (Å²) in [5.41, 5.74) is 9.06. The van der Waals surface area contributed by atoms with Gasteiger partial charge in [0.05, 0.1) is 0 Å². The molecule has 3 nitrogen and oxygen atoms in total. The zero-order valence-corrected chi connectivity index (χ0v) is 16.1. The first-order chi connectivity index (χ1) is 11.6. The van der Waals surface area contributed by atoms with Gasteiger partial charge in [-0.05, 0) is 69.5 Å². The minimum Gasteiger partial charge on any atom is -0.327 e. The molecule has 3 fully saturated rings. The maximum absolute atomic E-state index is 5.47. The van der Waals surface area contributed by atoms with Crippen LogP contribution in [-0.4, -0.2) is 32.2 Å². The number of hydrogen-bond acceptors (Lipinski definition) is 3. The van der Waals surface area contributed by atoms with Gasteiger partial charge >= 0.3 is 0 Å². The molecule has 0 aromatic heterocycles. The molecule has 24 heavy (non-hydrogen) atoms. The second-order valence-corrected chi connectivity index (χ2v) is 7.44. The first-order valence-electron chi connectivity index (χ1n) is 9.85. The largest absolute Gasteiger partial charge is 0.327 e. The van der Waals surface area contributed by atoms with E-state index in [9.17, 15) is 0 Å². The molecule has 1 aromatic carbocycles. The van der Waals surface area contributed by atoms with E-state index in [-0.39, 0.29) is 0 Å². The molecule has 1 aliphatic heterocycles. The molecule has 0 spiro atoms. The van der Waals surface area contributed by atoms with Crippen molar-refractivity contribution in [2.75, 3.05) is 20.1 Å². The molecule has 1 saturated heterocycles. The van der Waals surface area contributed by atoms with E-state index < -0.39 is 0 Å². The van der Waals surface area contributed by atoms with Crippen LogP contribution < -0.4 is 16.4 Å². The number of benzene rings is 1. The molecule has 4 atom stereocenters. The van der Waals surface area contributed by atoms with E-state index in [1.54, 1.807) is 5.56 Å². The van der Waals surface area contributed by atoms with Crippen LogP contribution in [0.5, 0.6) is 0 Å². The van der Waals surface area contributed by atoms with Crippen molar-refractivity contribution >= 4 is 0 Å². The number of nitrogens with one attached hydrogen (secondary N) is 2. The quantitative estimate of drug-likeness (QED) is 0.779. The molecule has 2 saturated carbocycles. The predicted molar refractivity (Wildman–Crippen MR) is 104 cm³/mol. The van der Waals surface area contributed by atoms with Gasteiger partial charge in [0, 0.05) is 18.6 Å². The molecule has 4 unspecified atom stereocenters. The van der Waals surface area contributed by atoms with E-state index in [0.29, 0.717) is 11.5 Å². The first-order valence-corrected chi connectivity index (χ1v) is 9.85. The third-order valence-electron chi connectivity index (χ3n) is 5.84. The summed E-state index contributed by atoms with van der Waals surface area (Å²) in [5.74, 6) is 0.945. The maximum atomic E-state index is 5.47. The van der Waals surface area contributed by atoms with Crippen molar-refractivity contribution in [3.8, 4) is 0 Å². The second kappa shape index (κ2) is 8.98. The van der Waals surface area contributed by atoms with Gasteiger partial charge in [0.15, 0.2) is 0 Å². The summed E-state index contributed by atoms with van der Waals surface area (Å²) >= 11 is 0. The van der Waals surface area contributed by atoms with Crippen LogP contribution in [0.25, 0.3) is 0 Å². The smallest absolute Gasteiger partial charge is 0.0177 e. The normalized spacial score (nSPS) is 33.5. The van der Waals surface area contributed by atoms with Crippen molar-refractivity contribution in [3.05, 3.63) is 35.4 Å². The Kier molecular flexibility index (Phi) is 7.27. The molecule has 0 amide bonds. The lowest BCUT2D eigenvalue weighted by Gasteiger charge is -2.28. The fraction of sp³-hybridized carbons (Fsp3) is 0.714. The Morgan fingerprint density at radius 1 is 1.25 bits per heavy atom. The predicted octanol–water partition coefficient (Wildman–Crippen LogP) is 3.36. The SMILES string of the molecule is CC.CNC1CCC2(c3cccc(C)c3)CC2C1.NC1CCNC1. The molecule has 1 heterocycles. The van der Waals surface area contributed by atoms with Gasteiger partial charge in [-0.3, -0.25) is 0 Å². The van der Waals surface area contributed by atoms with Gasteiger partial charge in [0.1, 0.15) is 0 Å². The maximum Gasteiger partial charge on any atom is 0.0177 e. The van der Waals surface area contributed by atoms with Crippen LogP contribution in [-0.2, 0) is 5.41 Å². The minimum absolute atomic E-state index is 0.435. The summed E-state index contributed by atoms with van der Waals surface area (Å²) in [5, 5.41) is 6.59. The van der Waals surface area contributed by atoms with Crippen molar-refractivity contribution in [1.82, 2.24) is 10.6 Å². The molecular weight excluding hydrogens is 294 g/mol. The van der Waals surface area contributed by atoms with Crippen molar-refractivity contribution in [2.24, 2.45) is 11.7 Å². The third-order valence-corrected chi connectivity index (χ3v) is 5.84. The van der Waals surface area contributed by atoms with E-state index in [2.05, 4.69) is 48.9 Å². The van der Waals surface area contributed by atoms with Crippen molar-refractivity contribution in [2.45, 2.75) is 70.4 Å². The first kappa shape index (κ1) is 19.4. The molecule has 3 aliphatic rings. The van der Waals surface area contributed by atoms with Crippen LogP contribution in [0.15, 0.2) is 24.3 Å². The Hall–Kier alpha value is -0.900. The molecule has 4 rings (SSSR count). The van der Waals surface area contributed by atoms with E-state index >= 15 is 0 Å². The van der Waals surface area contributed by atoms with Crippen LogP contribution in [0.2, 0.25) is 0 Å². The monoisotopic (exact) mass is 331 g/mol. The van der Waals surface area contributed by atoms with Crippen LogP contribution in [0.1, 0.15) is 57.1 Å². The molecule has 2 aliphatic carbocycles. The highest BCUT2D eigenvalue weighted by Crippen LogP contribution is 2.62. The molecule has 3 heteroatoms. The summed E-state index contributed by atoms with van der Waals surface area (Å²) in [6, 6.07) is 10.4. The van der Waals surface area contributed by atoms with Gasteiger partial charge in [-0.15, -0.1) is 0 Å². The van der Waals surface area contributed by atoms with Gasteiger partial charge in [0.2, 0.25) is 0 Å². The van der Waals surface area contributed by atoms with Gasteiger partial charge in [-0.25, -0.2) is 0 Å². The number of fused-ring (bicyclic) bond motifs is 1. The highest BCUT2D eigenvalue weighted by atomic mass is 14.9. The lowest BCUT2D eigenvalue weighted by atomic mass is 9.80. The lowest BCUT2D eigenvalue weighted by Crippen LogP contribution is -2.32. The van der Waals surface area contributed by atoms with Gasteiger partial charge in [-0.2, -0.15) is 0 Å². The summed E-state index contributed by atoms with van der Waals surface area (Å²) in [6.45, 7) is 8.33. The Morgan fingerprint density at radius 3 is 2.54 bits per heavy atom. The van der Waals surface area contributed by atoms with Crippen LogP contribution in [0.3, 0.4) is 0 Å². The number of hydrogen-bond donors (Lipinski definition) is 3. The zero-order valence-electron chi connectivity index (χ0n) is 16.1. The topological polar surface area (TPSA) is 50.1 Å². The average molecular weight is 332 g/mol. The fourth-order valence-electron chi connectivity index (χ4n) is 4.28. The molecule has 136 valence electrons. The number of aryl methyl sites for hydroxylation is 1. The number of nitrogens with two attached hydrogens (primary N) is 1. The standard InChI is InChI=1S/C15H21N.C4H10N2.C2H6/c1-11-4-3-5-12(8-11)15-7-6-14(16-2)9-13(15)10-15;5-4-1-2-6-3-4;1-2/h3-5,8,13-14,16H,6-7,9-10H2,1-2H3;4,6H,1-3,5H2;1-2H3. The Bertz CT molecular complexity index is 496. The summed E-state index contributed by atoms with van der Waals surface area (Å²) in [7, 11) is 2.10. The number of rotatable bonds is 2. The Balaban J connectivity index is 0.000000219. The highest BCUT2D eigenvalue weighted by molar-refractivity contribution is 5.37. The van der Waals surface area contributed by atoms with Gasteiger partial charge in [0.25, 0.3) is 0 Å². The highest BCUT2D eigenvalue weighted by Gasteiger charge is 2.57. The third kappa shape index (κ3) is 4.59. The second-order valence-electron chi connectivity index (χ2n) is 7.44. The van der Waals surface area contributed by atoms with Gasteiger partial charge in [-0.1, -0.05) is 43.7 Å². The molecule has 0 bridgehead atoms. The van der Waals surface area contributed by atoms with Gasteiger partial charge < -0.3 is 16.4 Å². The van der Waals surface area contributed by atoms with E-state index in [4.69, 9.17) is 5.73 Å². The molecular formula is C21H37N3. The lowest BCUT2D eigenvalue weighted by molar-refractivity contribution is 0.349. The summed E-state index contributed by atoms with van der Waals surface area (Å²) in [6.07, 6.45) is 6.69. The van der Waals surface area contributed by atoms with E-state index in [1.165, 1.54) is 31.2 Å². The fourth-order valence-corrected chi connectivity index (χ4v) is 4.28. The molecule has 4 N–H and O–H groups in total. The van der Waals surface area contributed by atoms with E-state index in [1.807, 2.05) is 13.8 Å². The summed E-state index contributed by atoms with van der Waals surface area (Å²) in [4.78, 5) is 0. The van der Waals surface area contributed by atoms with E-state index in [0.717, 1.165) is 31.5 Å². The van der Waals surface area contributed by atoms with Crippen LogP contribution >= 0.6 is 0 Å². The van der Waals surface area contributed by atoms with Crippen molar-refractivity contribution < 1.29 is 0 Å².